The Bertz CT molecular complexity index is 756. The molecule has 0 bridgehead atoms. The molecule has 1 aromatic carbocycles. The highest BCUT2D eigenvalue weighted by Crippen LogP contribution is 2.24. The number of amides is 1. The van der Waals surface area contributed by atoms with Crippen LogP contribution in [-0.4, -0.2) is 34.7 Å². The first kappa shape index (κ1) is 19.0. The summed E-state index contributed by atoms with van der Waals surface area (Å²) in [7, 11) is 0. The van der Waals surface area contributed by atoms with Gasteiger partial charge in [0.15, 0.2) is 6.61 Å². The van der Waals surface area contributed by atoms with Gasteiger partial charge < -0.3 is 20.2 Å². The highest BCUT2D eigenvalue weighted by molar-refractivity contribution is 7.99. The van der Waals surface area contributed by atoms with Crippen LogP contribution in [0.25, 0.3) is 0 Å². The van der Waals surface area contributed by atoms with Crippen LogP contribution < -0.4 is 10.1 Å². The molecule has 25 heavy (non-hydrogen) atoms. The van der Waals surface area contributed by atoms with E-state index in [1.54, 1.807) is 36.9 Å². The fourth-order valence-electron chi connectivity index (χ4n) is 1.86. The number of nitrogens with one attached hydrogen (secondary N) is 1. The zero-order valence-electron chi connectivity index (χ0n) is 13.4. The van der Waals surface area contributed by atoms with Crippen molar-refractivity contribution in [3.63, 3.8) is 0 Å². The van der Waals surface area contributed by atoms with Crippen LogP contribution in [0, 0.1) is 17.0 Å². The van der Waals surface area contributed by atoms with E-state index < -0.39 is 10.7 Å². The second-order valence-electron chi connectivity index (χ2n) is 4.97. The largest absolute Gasteiger partial charge is 0.476 e. The quantitative estimate of drug-likeness (QED) is 0.326. The number of carbonyl (C=O) groups excluding carboxylic acids is 1. The highest BCUT2D eigenvalue weighted by Gasteiger charge is 2.18. The minimum Gasteiger partial charge on any atom is -0.476 e. The lowest BCUT2D eigenvalue weighted by molar-refractivity contribution is -0.390. The van der Waals surface area contributed by atoms with Gasteiger partial charge in [-0.1, -0.05) is 11.6 Å². The molecule has 1 heterocycles. The van der Waals surface area contributed by atoms with Gasteiger partial charge in [-0.2, -0.15) is 0 Å². The standard InChI is InChI=1S/C16H16ClN3O4S/c1-11-2-7-14(16(19-11)20(22)23)24-10-15(21)18-8-9-25-13-5-3-12(17)4-6-13/h2-7H,8-10H2,1H3,(H,18,21). The van der Waals surface area contributed by atoms with E-state index in [0.29, 0.717) is 23.0 Å². The lowest BCUT2D eigenvalue weighted by Crippen LogP contribution is -2.30. The number of aromatic nitrogens is 1. The van der Waals surface area contributed by atoms with Crippen molar-refractivity contribution in [2.45, 2.75) is 11.8 Å². The Kier molecular flexibility index (Phi) is 7.03. The lowest BCUT2D eigenvalue weighted by atomic mass is 10.3. The van der Waals surface area contributed by atoms with Crippen molar-refractivity contribution in [2.24, 2.45) is 0 Å². The molecule has 1 aromatic heterocycles. The molecule has 2 aromatic rings. The molecule has 9 heteroatoms. The molecule has 1 amide bonds. The first-order chi connectivity index (χ1) is 12.0. The second-order valence-corrected chi connectivity index (χ2v) is 6.58. The highest BCUT2D eigenvalue weighted by atomic mass is 35.5. The molecule has 0 atom stereocenters. The number of halogens is 1. The van der Waals surface area contributed by atoms with E-state index in [1.165, 1.54) is 6.07 Å². The van der Waals surface area contributed by atoms with Gasteiger partial charge in [0.05, 0.1) is 0 Å². The summed E-state index contributed by atoms with van der Waals surface area (Å²) in [6, 6.07) is 10.4. The first-order valence-corrected chi connectivity index (χ1v) is 8.72. The molecule has 132 valence electrons. The smallest absolute Gasteiger partial charge is 0.406 e. The summed E-state index contributed by atoms with van der Waals surface area (Å²) in [5.41, 5.74) is 0.503. The zero-order chi connectivity index (χ0) is 18.2. The van der Waals surface area contributed by atoms with E-state index >= 15 is 0 Å². The van der Waals surface area contributed by atoms with Crippen molar-refractivity contribution in [3.05, 3.63) is 57.2 Å². The molecule has 0 aliphatic carbocycles. The molecule has 0 fully saturated rings. The molecule has 0 saturated carbocycles. The van der Waals surface area contributed by atoms with Gasteiger partial charge in [0.2, 0.25) is 5.75 Å². The fourth-order valence-corrected chi connectivity index (χ4v) is 2.75. The molecule has 7 nitrogen and oxygen atoms in total. The number of pyridine rings is 1. The van der Waals surface area contributed by atoms with E-state index in [0.717, 1.165) is 4.90 Å². The number of ether oxygens (including phenoxy) is 1. The van der Waals surface area contributed by atoms with Crippen molar-refractivity contribution in [1.29, 1.82) is 0 Å². The Morgan fingerprint density at radius 1 is 1.32 bits per heavy atom. The minimum absolute atomic E-state index is 0.0266. The number of hydrogen-bond acceptors (Lipinski definition) is 6. The number of carbonyl (C=O) groups is 1. The normalized spacial score (nSPS) is 10.3. The second kappa shape index (κ2) is 9.24. The van der Waals surface area contributed by atoms with Gasteiger partial charge in [-0.3, -0.25) is 4.79 Å². The zero-order valence-corrected chi connectivity index (χ0v) is 15.0. The summed E-state index contributed by atoms with van der Waals surface area (Å²) in [6.07, 6.45) is 0. The maximum atomic E-state index is 11.8. The van der Waals surface area contributed by atoms with Crippen LogP contribution in [0.2, 0.25) is 5.02 Å². The van der Waals surface area contributed by atoms with E-state index in [2.05, 4.69) is 10.3 Å². The minimum atomic E-state index is -0.636. The molecule has 0 spiro atoms. The molecular weight excluding hydrogens is 366 g/mol. The number of rotatable bonds is 8. The van der Waals surface area contributed by atoms with E-state index in [-0.39, 0.29) is 18.3 Å². The van der Waals surface area contributed by atoms with E-state index in [1.807, 2.05) is 12.1 Å². The third-order valence-electron chi connectivity index (χ3n) is 3.02. The summed E-state index contributed by atoms with van der Waals surface area (Å²) in [4.78, 5) is 26.9. The van der Waals surface area contributed by atoms with Gasteiger partial charge >= 0.3 is 5.82 Å². The number of nitro groups is 1. The Morgan fingerprint density at radius 3 is 2.72 bits per heavy atom. The maximum Gasteiger partial charge on any atom is 0.406 e. The summed E-state index contributed by atoms with van der Waals surface area (Å²) in [5, 5.41) is 14.3. The van der Waals surface area contributed by atoms with Gasteiger partial charge in [-0.15, -0.1) is 11.8 Å². The summed E-state index contributed by atoms with van der Waals surface area (Å²) >= 11 is 7.39. The summed E-state index contributed by atoms with van der Waals surface area (Å²) in [5.74, 6) is -0.0986. The van der Waals surface area contributed by atoms with Crippen LogP contribution in [0.4, 0.5) is 5.82 Å². The monoisotopic (exact) mass is 381 g/mol. The molecule has 0 unspecified atom stereocenters. The molecule has 0 aliphatic heterocycles. The molecule has 1 N–H and O–H groups in total. The SMILES string of the molecule is Cc1ccc(OCC(=O)NCCSc2ccc(Cl)cc2)c([N+](=O)[O-])n1. The molecule has 0 aliphatic rings. The molecule has 0 saturated heterocycles. The third kappa shape index (κ3) is 6.24. The van der Waals surface area contributed by atoms with Gasteiger partial charge in [0.1, 0.15) is 5.69 Å². The van der Waals surface area contributed by atoms with Crippen LogP contribution in [0.5, 0.6) is 5.75 Å². The van der Waals surface area contributed by atoms with Crippen LogP contribution in [-0.2, 0) is 4.79 Å². The van der Waals surface area contributed by atoms with Crippen molar-refractivity contribution >= 4 is 35.1 Å². The number of hydrogen-bond donors (Lipinski definition) is 1. The number of benzene rings is 1. The van der Waals surface area contributed by atoms with Crippen molar-refractivity contribution in [1.82, 2.24) is 10.3 Å². The van der Waals surface area contributed by atoms with Crippen LogP contribution >= 0.6 is 23.4 Å². The Labute approximate surface area is 153 Å². The number of thioether (sulfide) groups is 1. The van der Waals surface area contributed by atoms with Crippen molar-refractivity contribution < 1.29 is 14.5 Å². The van der Waals surface area contributed by atoms with Gasteiger partial charge in [-0.05, 0) is 46.3 Å². The maximum absolute atomic E-state index is 11.8. The van der Waals surface area contributed by atoms with Gasteiger partial charge in [0, 0.05) is 29.1 Å². The van der Waals surface area contributed by atoms with Crippen LogP contribution in [0.15, 0.2) is 41.3 Å². The summed E-state index contributed by atoms with van der Waals surface area (Å²) < 4.78 is 5.21. The van der Waals surface area contributed by atoms with Gasteiger partial charge in [0.25, 0.3) is 5.91 Å². The molecular formula is C16H16ClN3O4S. The average molecular weight is 382 g/mol. The van der Waals surface area contributed by atoms with Crippen LogP contribution in [0.3, 0.4) is 0 Å². The van der Waals surface area contributed by atoms with Crippen molar-refractivity contribution in [3.8, 4) is 5.75 Å². The predicted molar refractivity (Wildman–Crippen MR) is 96.3 cm³/mol. The van der Waals surface area contributed by atoms with Crippen LogP contribution in [0.1, 0.15) is 5.69 Å². The predicted octanol–water partition coefficient (Wildman–Crippen LogP) is 3.24. The topological polar surface area (TPSA) is 94.4 Å². The Morgan fingerprint density at radius 2 is 2.04 bits per heavy atom. The Balaban J connectivity index is 1.74. The molecule has 0 radical (unpaired) electrons. The first-order valence-electron chi connectivity index (χ1n) is 7.35. The van der Waals surface area contributed by atoms with E-state index in [4.69, 9.17) is 16.3 Å². The Hall–Kier alpha value is -2.32. The number of nitrogens with zero attached hydrogens (tertiary/aromatic N) is 2. The average Bonchev–Trinajstić information content (AvgIpc) is 2.59. The molecule has 2 rings (SSSR count). The third-order valence-corrected chi connectivity index (χ3v) is 4.28. The number of aryl methyl sites for hydroxylation is 1. The lowest BCUT2D eigenvalue weighted by Gasteiger charge is -2.08. The van der Waals surface area contributed by atoms with Gasteiger partial charge in [-0.25, -0.2) is 0 Å². The van der Waals surface area contributed by atoms with E-state index in [9.17, 15) is 14.9 Å². The van der Waals surface area contributed by atoms with Crippen molar-refractivity contribution in [2.75, 3.05) is 18.9 Å². The fraction of sp³-hybridized carbons (Fsp3) is 0.250. The summed E-state index contributed by atoms with van der Waals surface area (Å²) in [6.45, 7) is 1.78.